The fourth-order valence-corrected chi connectivity index (χ4v) is 4.46. The van der Waals surface area contributed by atoms with Crippen LogP contribution in [0.4, 0.5) is 34.1 Å². The van der Waals surface area contributed by atoms with Gasteiger partial charge in [-0.1, -0.05) is 0 Å². The topological polar surface area (TPSA) is 273 Å². The number of rotatable bonds is 6. The molecule has 0 aliphatic rings. The van der Waals surface area contributed by atoms with E-state index in [1.54, 1.807) is 24.3 Å². The molecule has 0 unspecified atom stereocenters. The molecule has 0 aliphatic carbocycles. The van der Waals surface area contributed by atoms with Crippen LogP contribution >= 0.6 is 0 Å². The molecule has 0 aromatic heterocycles. The van der Waals surface area contributed by atoms with E-state index in [4.69, 9.17) is 25.0 Å². The van der Waals surface area contributed by atoms with Crippen LogP contribution in [0.1, 0.15) is 0 Å². The van der Waals surface area contributed by atoms with Crippen LogP contribution in [0.15, 0.2) is 97.0 Å². The molecule has 0 fully saturated rings. The Hall–Kier alpha value is -3.62. The third-order valence-corrected chi connectivity index (χ3v) is 6.87. The number of phenolic OH excluding ortho intramolecular Hbond substituents is 1. The Labute approximate surface area is 258 Å². The average molecular weight is 628 g/mol. The first kappa shape index (κ1) is 33.6. The molecule has 0 radical (unpaired) electrons. The van der Waals surface area contributed by atoms with Gasteiger partial charge in [-0.05, 0) is 66.7 Å². The van der Waals surface area contributed by atoms with Crippen molar-refractivity contribution in [3.8, 4) is 5.75 Å². The number of benzene rings is 4. The Kier molecular flexibility index (Phi) is 11.3. The second kappa shape index (κ2) is 13.8. The van der Waals surface area contributed by atoms with Crippen molar-refractivity contribution in [1.29, 1.82) is 0 Å². The van der Waals surface area contributed by atoms with Crippen LogP contribution in [0, 0.1) is 0 Å². The molecule has 0 spiro atoms. The van der Waals surface area contributed by atoms with E-state index in [-0.39, 0.29) is 62.3 Å². The van der Waals surface area contributed by atoms with Crippen LogP contribution in [0.5, 0.6) is 5.75 Å². The number of hydrogen-bond acceptors (Lipinski definition) is 14. The van der Waals surface area contributed by atoms with E-state index in [9.17, 15) is 26.5 Å². The first-order valence-electron chi connectivity index (χ1n) is 10.5. The molecular formula is C22H18N7NaO8S3. The number of phenols is 1. The molecule has 4 aromatic rings. The first-order chi connectivity index (χ1) is 18.8. The summed E-state index contributed by atoms with van der Waals surface area (Å²) in [5.74, 6) is -0.723. The second-order valence-electron chi connectivity index (χ2n) is 7.72. The predicted octanol–water partition coefficient (Wildman–Crippen LogP) is 0.426. The van der Waals surface area contributed by atoms with E-state index in [2.05, 4.69) is 20.5 Å². The quantitative estimate of drug-likeness (QED) is 0.0989. The average Bonchev–Trinajstić information content (AvgIpc) is 2.88. The van der Waals surface area contributed by atoms with Crippen LogP contribution in [0.2, 0.25) is 0 Å². The second-order valence-corrected chi connectivity index (χ2v) is 10.8. The zero-order chi connectivity index (χ0) is 29.7. The summed E-state index contributed by atoms with van der Waals surface area (Å²) in [4.78, 5) is -1.06. The van der Waals surface area contributed by atoms with Crippen molar-refractivity contribution in [3.05, 3.63) is 66.7 Å². The molecule has 4 rings (SSSR count). The van der Waals surface area contributed by atoms with Gasteiger partial charge in [-0.15, -0.1) is 10.2 Å². The van der Waals surface area contributed by atoms with Crippen LogP contribution in [0.25, 0.3) is 10.8 Å². The van der Waals surface area contributed by atoms with E-state index in [1.165, 1.54) is 24.3 Å². The molecule has 0 saturated carbocycles. The number of fused-ring (bicyclic) bond motifs is 1. The summed E-state index contributed by atoms with van der Waals surface area (Å²) >= 11 is -0.750. The number of primary sulfonamides is 1. The van der Waals surface area contributed by atoms with Gasteiger partial charge in [0, 0.05) is 16.8 Å². The monoisotopic (exact) mass is 627 g/mol. The molecule has 0 atom stereocenters. The summed E-state index contributed by atoms with van der Waals surface area (Å²) in [7, 11) is -9.11. The summed E-state index contributed by atoms with van der Waals surface area (Å²) in [6.45, 7) is 0. The number of aromatic hydroxyl groups is 1. The molecule has 0 bridgehead atoms. The van der Waals surface area contributed by atoms with Crippen LogP contribution in [-0.2, 0) is 31.7 Å². The van der Waals surface area contributed by atoms with Crippen LogP contribution in [0.3, 0.4) is 0 Å². The van der Waals surface area contributed by atoms with Crippen molar-refractivity contribution in [2.24, 2.45) is 25.6 Å². The number of nitrogen functional groups attached to an aromatic ring is 2. The zero-order valence-electron chi connectivity index (χ0n) is 20.9. The molecule has 41 heavy (non-hydrogen) atoms. The third kappa shape index (κ3) is 8.44. The van der Waals surface area contributed by atoms with Crippen molar-refractivity contribution in [3.63, 3.8) is 0 Å². The minimum absolute atomic E-state index is 0. The Morgan fingerprint density at radius 1 is 0.780 bits per heavy atom. The predicted molar refractivity (Wildman–Crippen MR) is 144 cm³/mol. The van der Waals surface area contributed by atoms with Gasteiger partial charge in [-0.2, -0.15) is 18.6 Å². The van der Waals surface area contributed by atoms with Gasteiger partial charge >= 0.3 is 41.1 Å². The maximum Gasteiger partial charge on any atom is 1.00 e. The van der Waals surface area contributed by atoms with Crippen molar-refractivity contribution >= 4 is 76.6 Å². The number of nitrogens with zero attached hydrogens (tertiary/aromatic N) is 4. The molecule has 15 nitrogen and oxygen atoms in total. The smallest absolute Gasteiger partial charge is 0.744 e. The Bertz CT molecular complexity index is 1890. The van der Waals surface area contributed by atoms with Gasteiger partial charge in [0.2, 0.25) is 10.0 Å². The van der Waals surface area contributed by atoms with Crippen molar-refractivity contribution in [2.75, 3.05) is 11.5 Å². The fraction of sp³-hybridized carbons (Fsp3) is 0. The minimum Gasteiger partial charge on any atom is -0.744 e. The summed E-state index contributed by atoms with van der Waals surface area (Å²) in [5, 5.41) is 31.7. The number of anilines is 2. The van der Waals surface area contributed by atoms with Crippen molar-refractivity contribution in [2.45, 2.75) is 9.79 Å². The Balaban J connectivity index is 0.00000141. The number of nitrogens with two attached hydrogens (primary N) is 3. The van der Waals surface area contributed by atoms with Gasteiger partial charge in [-0.3, -0.25) is 0 Å². The largest absolute Gasteiger partial charge is 1.00 e. The van der Waals surface area contributed by atoms with E-state index in [0.29, 0.717) is 11.4 Å². The molecule has 0 saturated heterocycles. The van der Waals surface area contributed by atoms with Gasteiger partial charge < -0.3 is 21.1 Å². The molecule has 7 N–H and O–H groups in total. The molecular weight excluding hydrogens is 609 g/mol. The SMILES string of the molecule is Nc1ccc(N=Nc2ccc(N)c3c(O)c(N=Nc4ccc(S(N)(=O)=O)cc4)c(S(=O)(=O)[O-])cc23)cc1.O=S=O.[Na+]. The van der Waals surface area contributed by atoms with Crippen molar-refractivity contribution < 1.29 is 64.5 Å². The standard InChI is InChI=1S/C22H19N7O6S2.Na.O2S/c23-12-1-3-13(4-2-12)26-28-18-10-9-17(24)20-16(18)11-19(37(33,34)35)21(22(20)30)29-27-14-5-7-15(8-6-14)36(25,31)32;;1-3-2/h1-11,30H,23-24H2,(H2,25,31,32)(H,33,34,35);;/q;+1;/p-1. The van der Waals surface area contributed by atoms with E-state index < -0.39 is 48.0 Å². The summed E-state index contributed by atoms with van der Waals surface area (Å²) in [6, 6.07) is 15.1. The van der Waals surface area contributed by atoms with Gasteiger partial charge in [0.1, 0.15) is 15.8 Å². The molecule has 0 aliphatic heterocycles. The summed E-state index contributed by atoms with van der Waals surface area (Å²) < 4.78 is 75.6. The van der Waals surface area contributed by atoms with E-state index >= 15 is 0 Å². The number of hydrogen-bond donors (Lipinski definition) is 4. The maximum absolute atomic E-state index is 12.1. The maximum atomic E-state index is 12.1. The molecule has 4 aromatic carbocycles. The Morgan fingerprint density at radius 3 is 1.80 bits per heavy atom. The van der Waals surface area contributed by atoms with E-state index in [0.717, 1.165) is 18.2 Å². The van der Waals surface area contributed by atoms with Crippen molar-refractivity contribution in [1.82, 2.24) is 0 Å². The van der Waals surface area contributed by atoms with Crippen LogP contribution < -0.4 is 46.2 Å². The molecule has 0 amide bonds. The summed E-state index contributed by atoms with van der Waals surface area (Å²) in [6.07, 6.45) is 0. The van der Waals surface area contributed by atoms with Crippen LogP contribution in [-0.4, -0.2) is 34.9 Å². The summed E-state index contributed by atoms with van der Waals surface area (Å²) in [5.41, 5.74) is 12.2. The van der Waals surface area contributed by atoms with Gasteiger partial charge in [0.15, 0.2) is 5.75 Å². The molecule has 208 valence electrons. The first-order valence-corrected chi connectivity index (χ1v) is 14.2. The number of sulfonamides is 1. The normalized spacial score (nSPS) is 11.7. The molecule has 19 heteroatoms. The van der Waals surface area contributed by atoms with Gasteiger partial charge in [0.25, 0.3) is 0 Å². The minimum atomic E-state index is -5.17. The number of azo groups is 2. The Morgan fingerprint density at radius 2 is 1.29 bits per heavy atom. The fourth-order valence-electron chi connectivity index (χ4n) is 3.31. The third-order valence-electron chi connectivity index (χ3n) is 5.09. The van der Waals surface area contributed by atoms with Gasteiger partial charge in [-0.25, -0.2) is 22.0 Å². The zero-order valence-corrected chi connectivity index (χ0v) is 25.4. The molecule has 0 heterocycles. The van der Waals surface area contributed by atoms with E-state index in [1.807, 2.05) is 0 Å². The van der Waals surface area contributed by atoms with Gasteiger partial charge in [0.05, 0.1) is 32.2 Å².